The summed E-state index contributed by atoms with van der Waals surface area (Å²) in [6.45, 7) is 18.1. The van der Waals surface area contributed by atoms with Crippen LogP contribution in [0, 0.1) is 19.7 Å². The van der Waals surface area contributed by atoms with Crippen molar-refractivity contribution in [2.75, 3.05) is 36.0 Å². The predicted molar refractivity (Wildman–Crippen MR) is 132 cm³/mol. The van der Waals surface area contributed by atoms with Gasteiger partial charge in [-0.1, -0.05) is 32.6 Å². The van der Waals surface area contributed by atoms with Crippen molar-refractivity contribution in [2.24, 2.45) is 0 Å². The lowest BCUT2D eigenvalue weighted by molar-refractivity contribution is 0.365. The second-order valence-electron chi connectivity index (χ2n) is 9.16. The fourth-order valence-corrected chi connectivity index (χ4v) is 5.13. The quantitative estimate of drug-likeness (QED) is 0.563. The van der Waals surface area contributed by atoms with Crippen LogP contribution in [-0.4, -0.2) is 42.1 Å². The molecule has 4 nitrogen and oxygen atoms in total. The Labute approximate surface area is 192 Å². The molecule has 2 aromatic rings. The molecule has 170 valence electrons. The van der Waals surface area contributed by atoms with E-state index in [2.05, 4.69) is 59.7 Å². The molecule has 0 radical (unpaired) electrons. The second-order valence-corrected chi connectivity index (χ2v) is 9.16. The van der Waals surface area contributed by atoms with Crippen molar-refractivity contribution in [3.63, 3.8) is 0 Å². The van der Waals surface area contributed by atoms with E-state index in [0.29, 0.717) is 11.6 Å². The number of hydrogen-bond acceptors (Lipinski definition) is 4. The van der Waals surface area contributed by atoms with E-state index in [9.17, 15) is 0 Å². The smallest absolute Gasteiger partial charge is 0.134 e. The van der Waals surface area contributed by atoms with Gasteiger partial charge >= 0.3 is 0 Å². The maximum atomic E-state index is 15.2. The molecule has 1 unspecified atom stereocenters. The molecule has 0 bridgehead atoms. The number of benzene rings is 1. The summed E-state index contributed by atoms with van der Waals surface area (Å²) in [4.78, 5) is 11.4. The molecule has 0 saturated carbocycles. The van der Waals surface area contributed by atoms with Crippen LogP contribution < -0.4 is 9.80 Å². The molecule has 5 heteroatoms. The molecular weight excluding hydrogens is 399 g/mol. The Balaban J connectivity index is 1.44. The molecule has 2 aliphatic rings. The zero-order chi connectivity index (χ0) is 22.8. The Kier molecular flexibility index (Phi) is 6.54. The van der Waals surface area contributed by atoms with Crippen molar-refractivity contribution in [1.82, 2.24) is 9.88 Å². The average Bonchev–Trinajstić information content (AvgIpc) is 3.14. The third-order valence-electron chi connectivity index (χ3n) is 6.78. The van der Waals surface area contributed by atoms with Gasteiger partial charge in [-0.3, -0.25) is 0 Å². The van der Waals surface area contributed by atoms with E-state index < -0.39 is 0 Å². The van der Waals surface area contributed by atoms with E-state index in [4.69, 9.17) is 0 Å². The lowest BCUT2D eigenvalue weighted by atomic mass is 10.1. The van der Waals surface area contributed by atoms with Crippen molar-refractivity contribution in [3.05, 3.63) is 71.8 Å². The minimum Gasteiger partial charge on any atom is -0.368 e. The number of hydrogen-bond donors (Lipinski definition) is 0. The maximum Gasteiger partial charge on any atom is 0.134 e. The summed E-state index contributed by atoms with van der Waals surface area (Å²) in [6.07, 6.45) is 6.23. The Morgan fingerprint density at radius 2 is 1.91 bits per heavy atom. The van der Waals surface area contributed by atoms with Gasteiger partial charge in [0.2, 0.25) is 0 Å². The number of pyridine rings is 1. The fourth-order valence-electron chi connectivity index (χ4n) is 5.13. The first-order chi connectivity index (χ1) is 15.4. The van der Waals surface area contributed by atoms with Crippen LogP contribution in [-0.2, 0) is 0 Å². The number of piperazine rings is 1. The largest absolute Gasteiger partial charge is 0.368 e. The molecule has 2 saturated heterocycles. The van der Waals surface area contributed by atoms with Crippen LogP contribution in [0.3, 0.4) is 0 Å². The molecule has 32 heavy (non-hydrogen) atoms. The zero-order valence-electron chi connectivity index (χ0n) is 19.7. The SMILES string of the molecule is C=C(c1ccc(N2C(=C)CCC2CCC)cc1F)N1CCN(c2ncc(C)cc2C)CC1. The van der Waals surface area contributed by atoms with Gasteiger partial charge in [-0.15, -0.1) is 0 Å². The lowest BCUT2D eigenvalue weighted by Crippen LogP contribution is -2.46. The highest BCUT2D eigenvalue weighted by Gasteiger charge is 2.28. The van der Waals surface area contributed by atoms with E-state index in [0.717, 1.165) is 74.8 Å². The van der Waals surface area contributed by atoms with Crippen LogP contribution in [0.2, 0.25) is 0 Å². The number of allylic oxidation sites excluding steroid dienone is 1. The fraction of sp³-hybridized carbons (Fsp3) is 0.444. The van der Waals surface area contributed by atoms with Crippen LogP contribution in [0.15, 0.2) is 49.3 Å². The minimum absolute atomic E-state index is 0.207. The third-order valence-corrected chi connectivity index (χ3v) is 6.78. The Bertz CT molecular complexity index is 1010. The monoisotopic (exact) mass is 434 g/mol. The molecule has 1 aromatic carbocycles. The van der Waals surface area contributed by atoms with Crippen LogP contribution in [0.25, 0.3) is 5.70 Å². The number of halogens is 1. The Morgan fingerprint density at radius 3 is 2.56 bits per heavy atom. The molecule has 3 heterocycles. The summed E-state index contributed by atoms with van der Waals surface area (Å²) in [5.41, 5.74) is 5.71. The summed E-state index contributed by atoms with van der Waals surface area (Å²) in [6, 6.07) is 8.17. The molecule has 1 atom stereocenters. The molecule has 2 fully saturated rings. The first-order valence-electron chi connectivity index (χ1n) is 11.8. The van der Waals surface area contributed by atoms with Crippen molar-refractivity contribution < 1.29 is 4.39 Å². The highest BCUT2D eigenvalue weighted by Crippen LogP contribution is 2.36. The first kappa shape index (κ1) is 22.4. The van der Waals surface area contributed by atoms with Gasteiger partial charge in [-0.05, 0) is 62.4 Å². The van der Waals surface area contributed by atoms with E-state index in [1.807, 2.05) is 18.3 Å². The summed E-state index contributed by atoms with van der Waals surface area (Å²) in [5, 5.41) is 0. The van der Waals surface area contributed by atoms with Crippen LogP contribution in [0.5, 0.6) is 0 Å². The van der Waals surface area contributed by atoms with Crippen LogP contribution in [0.1, 0.15) is 49.3 Å². The molecule has 0 aliphatic carbocycles. The van der Waals surface area contributed by atoms with Crippen molar-refractivity contribution in [2.45, 2.75) is 52.5 Å². The number of aromatic nitrogens is 1. The van der Waals surface area contributed by atoms with Gasteiger partial charge in [0.05, 0.1) is 0 Å². The molecule has 0 amide bonds. The highest BCUT2D eigenvalue weighted by molar-refractivity contribution is 5.67. The maximum absolute atomic E-state index is 15.2. The predicted octanol–water partition coefficient (Wildman–Crippen LogP) is 5.91. The van der Waals surface area contributed by atoms with Gasteiger partial charge < -0.3 is 14.7 Å². The van der Waals surface area contributed by atoms with Gasteiger partial charge in [0.1, 0.15) is 11.6 Å². The summed E-state index contributed by atoms with van der Waals surface area (Å²) < 4.78 is 15.2. The van der Waals surface area contributed by atoms with Gasteiger partial charge in [-0.25, -0.2) is 9.37 Å². The third kappa shape index (κ3) is 4.38. The van der Waals surface area contributed by atoms with E-state index >= 15 is 4.39 Å². The molecule has 4 rings (SSSR count). The van der Waals surface area contributed by atoms with Crippen LogP contribution >= 0.6 is 0 Å². The highest BCUT2D eigenvalue weighted by atomic mass is 19.1. The Hall–Kier alpha value is -2.82. The van der Waals surface area contributed by atoms with Gasteiger partial charge in [0, 0.05) is 61.1 Å². The average molecular weight is 435 g/mol. The number of nitrogens with zero attached hydrogens (tertiary/aromatic N) is 4. The normalized spacial score (nSPS) is 19.1. The first-order valence-corrected chi connectivity index (χ1v) is 11.8. The van der Waals surface area contributed by atoms with Crippen molar-refractivity contribution >= 4 is 17.2 Å². The minimum atomic E-state index is -0.207. The standard InChI is InChI=1S/C27H35FN4/c1-6-7-23-9-8-21(4)32(23)24-10-11-25(26(28)17-24)22(5)30-12-14-31(15-13-30)27-20(3)16-19(2)18-29-27/h10-11,16-18,23H,4-9,12-15H2,1-3H3. The zero-order valence-corrected chi connectivity index (χ0v) is 19.7. The molecule has 1 aromatic heterocycles. The number of rotatable bonds is 6. The van der Waals surface area contributed by atoms with Gasteiger partial charge in [-0.2, -0.15) is 0 Å². The van der Waals surface area contributed by atoms with Crippen molar-refractivity contribution in [3.8, 4) is 0 Å². The van der Waals surface area contributed by atoms with E-state index in [1.54, 1.807) is 6.07 Å². The summed E-state index contributed by atoms with van der Waals surface area (Å²) in [5.74, 6) is 0.838. The molecule has 0 N–H and O–H groups in total. The molecular formula is C27H35FN4. The van der Waals surface area contributed by atoms with Gasteiger partial charge in [0.15, 0.2) is 0 Å². The topological polar surface area (TPSA) is 22.6 Å². The van der Waals surface area contributed by atoms with Crippen LogP contribution in [0.4, 0.5) is 15.9 Å². The lowest BCUT2D eigenvalue weighted by Gasteiger charge is -2.38. The second kappa shape index (κ2) is 9.35. The van der Waals surface area contributed by atoms with E-state index in [-0.39, 0.29) is 5.82 Å². The summed E-state index contributed by atoms with van der Waals surface area (Å²) in [7, 11) is 0. The number of anilines is 2. The Morgan fingerprint density at radius 1 is 1.16 bits per heavy atom. The van der Waals surface area contributed by atoms with Crippen molar-refractivity contribution in [1.29, 1.82) is 0 Å². The summed E-state index contributed by atoms with van der Waals surface area (Å²) >= 11 is 0. The van der Waals surface area contributed by atoms with E-state index in [1.165, 1.54) is 11.1 Å². The molecule has 0 spiro atoms. The van der Waals surface area contributed by atoms with Gasteiger partial charge in [0.25, 0.3) is 0 Å². The number of aryl methyl sites for hydroxylation is 2. The molecule has 2 aliphatic heterocycles.